The topological polar surface area (TPSA) is 63.6 Å². The molecule has 0 fully saturated rings. The van der Waals surface area contributed by atoms with Crippen molar-refractivity contribution >= 4 is 9.84 Å². The van der Waals surface area contributed by atoms with Crippen LogP contribution >= 0.6 is 0 Å². The average molecular weight is 262 g/mol. The van der Waals surface area contributed by atoms with Gasteiger partial charge in [-0.1, -0.05) is 13.0 Å². The van der Waals surface area contributed by atoms with E-state index in [1.54, 1.807) is 6.92 Å². The monoisotopic (exact) mass is 262 g/mol. The summed E-state index contributed by atoms with van der Waals surface area (Å²) in [5.74, 6) is -0.702. The molecule has 0 spiro atoms. The fourth-order valence-electron chi connectivity index (χ4n) is 1.18. The van der Waals surface area contributed by atoms with E-state index in [9.17, 15) is 12.8 Å². The molecule has 0 unspecified atom stereocenters. The van der Waals surface area contributed by atoms with Gasteiger partial charge in [0.05, 0.1) is 12.4 Å². The van der Waals surface area contributed by atoms with Crippen molar-refractivity contribution in [3.63, 3.8) is 0 Å². The van der Waals surface area contributed by atoms with E-state index >= 15 is 0 Å². The normalized spacial score (nSPS) is 11.5. The van der Waals surface area contributed by atoms with Gasteiger partial charge in [0.25, 0.3) is 0 Å². The van der Waals surface area contributed by atoms with E-state index < -0.39 is 15.7 Å². The molecule has 1 aromatic rings. The molecular formula is C11H15FO4S. The average Bonchev–Trinajstić information content (AvgIpc) is 2.31. The summed E-state index contributed by atoms with van der Waals surface area (Å²) in [4.78, 5) is 0. The maximum atomic E-state index is 13.4. The third-order valence-corrected chi connectivity index (χ3v) is 3.94. The second kappa shape index (κ2) is 5.97. The molecule has 6 heteroatoms. The highest BCUT2D eigenvalue weighted by molar-refractivity contribution is 7.91. The zero-order valence-electron chi connectivity index (χ0n) is 9.52. The van der Waals surface area contributed by atoms with Crippen LogP contribution in [0, 0.1) is 5.82 Å². The molecule has 1 N–H and O–H groups in total. The van der Waals surface area contributed by atoms with Crippen LogP contribution in [0.1, 0.15) is 12.5 Å². The number of ether oxygens (including phenoxy) is 1. The lowest BCUT2D eigenvalue weighted by Crippen LogP contribution is -2.16. The summed E-state index contributed by atoms with van der Waals surface area (Å²) in [6.45, 7) is 1.22. The fraction of sp³-hybridized carbons (Fsp3) is 0.455. The number of halogens is 1. The first-order valence-corrected chi connectivity index (χ1v) is 7.03. The molecule has 0 atom stereocenters. The van der Waals surface area contributed by atoms with Crippen LogP contribution in [-0.4, -0.2) is 31.6 Å². The van der Waals surface area contributed by atoms with Crippen molar-refractivity contribution in [1.29, 1.82) is 0 Å². The Balaban J connectivity index is 2.58. The third-order valence-electron chi connectivity index (χ3n) is 2.27. The summed E-state index contributed by atoms with van der Waals surface area (Å²) in [7, 11) is -3.10. The lowest BCUT2D eigenvalue weighted by Gasteiger charge is -2.08. The highest BCUT2D eigenvalue weighted by atomic mass is 32.2. The van der Waals surface area contributed by atoms with Gasteiger partial charge < -0.3 is 9.84 Å². The van der Waals surface area contributed by atoms with E-state index in [1.807, 2.05) is 0 Å². The maximum absolute atomic E-state index is 13.4. The van der Waals surface area contributed by atoms with Crippen LogP contribution in [0.2, 0.25) is 0 Å². The van der Waals surface area contributed by atoms with Crippen molar-refractivity contribution in [2.75, 3.05) is 18.1 Å². The van der Waals surface area contributed by atoms with Crippen LogP contribution in [-0.2, 0) is 16.4 Å². The van der Waals surface area contributed by atoms with E-state index in [1.165, 1.54) is 12.1 Å². The van der Waals surface area contributed by atoms with Gasteiger partial charge >= 0.3 is 0 Å². The summed E-state index contributed by atoms with van der Waals surface area (Å²) < 4.78 is 40.7. The minimum Gasteiger partial charge on any atom is -0.489 e. The SMILES string of the molecule is CCS(=O)(=O)CCOc1ccc(CO)cc1F. The van der Waals surface area contributed by atoms with Crippen molar-refractivity contribution in [3.8, 4) is 5.75 Å². The minimum absolute atomic E-state index is 0.00602. The maximum Gasteiger partial charge on any atom is 0.165 e. The molecule has 17 heavy (non-hydrogen) atoms. The first kappa shape index (κ1) is 13.9. The lowest BCUT2D eigenvalue weighted by molar-refractivity contribution is 0.279. The van der Waals surface area contributed by atoms with Crippen molar-refractivity contribution in [1.82, 2.24) is 0 Å². The standard InChI is InChI=1S/C11H15FO4S/c1-2-17(14,15)6-5-16-11-4-3-9(8-13)7-10(11)12/h3-4,7,13H,2,5-6,8H2,1H3. The van der Waals surface area contributed by atoms with E-state index in [2.05, 4.69) is 0 Å². The van der Waals surface area contributed by atoms with E-state index in [0.29, 0.717) is 5.56 Å². The molecule has 4 nitrogen and oxygen atoms in total. The second-order valence-corrected chi connectivity index (χ2v) is 5.98. The van der Waals surface area contributed by atoms with Gasteiger partial charge in [-0.15, -0.1) is 0 Å². The van der Waals surface area contributed by atoms with Crippen LogP contribution in [0.25, 0.3) is 0 Å². The number of benzene rings is 1. The molecule has 0 amide bonds. The number of hydrogen-bond donors (Lipinski definition) is 1. The largest absolute Gasteiger partial charge is 0.489 e. The fourth-order valence-corrected chi connectivity index (χ4v) is 1.81. The summed E-state index contributed by atoms with van der Waals surface area (Å²) in [6, 6.07) is 4.05. The minimum atomic E-state index is -3.10. The van der Waals surface area contributed by atoms with Gasteiger partial charge in [0, 0.05) is 5.75 Å². The van der Waals surface area contributed by atoms with Crippen LogP contribution in [0.3, 0.4) is 0 Å². The van der Waals surface area contributed by atoms with Gasteiger partial charge in [0.1, 0.15) is 6.61 Å². The quantitative estimate of drug-likeness (QED) is 0.834. The Morgan fingerprint density at radius 2 is 2.12 bits per heavy atom. The Hall–Kier alpha value is -1.14. The number of hydrogen-bond acceptors (Lipinski definition) is 4. The molecular weight excluding hydrogens is 247 g/mol. The van der Waals surface area contributed by atoms with Gasteiger partial charge in [0.15, 0.2) is 21.4 Å². The molecule has 0 aliphatic heterocycles. The Bertz CT molecular complexity index is 470. The smallest absolute Gasteiger partial charge is 0.165 e. The first-order chi connectivity index (χ1) is 7.98. The van der Waals surface area contributed by atoms with Crippen molar-refractivity contribution < 1.29 is 22.7 Å². The van der Waals surface area contributed by atoms with Gasteiger partial charge in [0.2, 0.25) is 0 Å². The highest BCUT2D eigenvalue weighted by Crippen LogP contribution is 2.18. The van der Waals surface area contributed by atoms with Crippen LogP contribution in [0.4, 0.5) is 4.39 Å². The number of sulfone groups is 1. The molecule has 1 aromatic carbocycles. The van der Waals surface area contributed by atoms with Crippen LogP contribution < -0.4 is 4.74 Å². The Morgan fingerprint density at radius 1 is 1.41 bits per heavy atom. The van der Waals surface area contributed by atoms with Gasteiger partial charge in [-0.2, -0.15) is 0 Å². The number of aliphatic hydroxyl groups is 1. The predicted molar refractivity (Wildman–Crippen MR) is 62.1 cm³/mol. The predicted octanol–water partition coefficient (Wildman–Crippen LogP) is 1.13. The van der Waals surface area contributed by atoms with E-state index in [4.69, 9.17) is 9.84 Å². The molecule has 0 radical (unpaired) electrons. The summed E-state index contributed by atoms with van der Waals surface area (Å²) in [5.41, 5.74) is 0.441. The molecule has 1 rings (SSSR count). The van der Waals surface area contributed by atoms with Gasteiger partial charge in [-0.3, -0.25) is 0 Å². The lowest BCUT2D eigenvalue weighted by atomic mass is 10.2. The molecule has 0 aromatic heterocycles. The summed E-state index contributed by atoms with van der Waals surface area (Å²) in [5, 5.41) is 8.78. The van der Waals surface area contributed by atoms with E-state index in [0.717, 1.165) is 6.07 Å². The molecule has 0 aliphatic rings. The van der Waals surface area contributed by atoms with Crippen molar-refractivity contribution in [2.24, 2.45) is 0 Å². The molecule has 0 aliphatic carbocycles. The zero-order chi connectivity index (χ0) is 12.9. The number of rotatable bonds is 6. The third kappa shape index (κ3) is 4.32. The van der Waals surface area contributed by atoms with Crippen molar-refractivity contribution in [2.45, 2.75) is 13.5 Å². The molecule has 0 bridgehead atoms. The van der Waals surface area contributed by atoms with Gasteiger partial charge in [-0.25, -0.2) is 12.8 Å². The Labute approximate surface area is 100.0 Å². The van der Waals surface area contributed by atoms with E-state index in [-0.39, 0.29) is 30.5 Å². The van der Waals surface area contributed by atoms with Crippen LogP contribution in [0.15, 0.2) is 18.2 Å². The molecule has 0 saturated heterocycles. The molecule has 0 saturated carbocycles. The van der Waals surface area contributed by atoms with Gasteiger partial charge in [-0.05, 0) is 17.7 Å². The Morgan fingerprint density at radius 3 is 2.65 bits per heavy atom. The highest BCUT2D eigenvalue weighted by Gasteiger charge is 2.09. The summed E-state index contributed by atoms with van der Waals surface area (Å²) >= 11 is 0. The number of aliphatic hydroxyl groups excluding tert-OH is 1. The summed E-state index contributed by atoms with van der Waals surface area (Å²) in [6.07, 6.45) is 0. The molecule has 96 valence electrons. The van der Waals surface area contributed by atoms with Crippen LogP contribution in [0.5, 0.6) is 5.75 Å². The Kier molecular flexibility index (Phi) is 4.89. The zero-order valence-corrected chi connectivity index (χ0v) is 10.3. The second-order valence-electron chi connectivity index (χ2n) is 3.51. The molecule has 0 heterocycles. The van der Waals surface area contributed by atoms with Crippen molar-refractivity contribution in [3.05, 3.63) is 29.6 Å². The first-order valence-electron chi connectivity index (χ1n) is 5.21.